The minimum Gasteiger partial charge on any atom is -0.374 e. The second-order valence-corrected chi connectivity index (χ2v) is 10.2. The molecule has 0 aliphatic carbocycles. The molecule has 1 fully saturated rings. The number of carbonyl (C=O) groups is 1. The highest BCUT2D eigenvalue weighted by Gasteiger charge is 2.62. The summed E-state index contributed by atoms with van der Waals surface area (Å²) in [5.41, 5.74) is -1.52. The SMILES string of the molecule is Cc1cc(C2=NOC(c3cc(Cl)cc(Cl)c3)(C(F)(F)F)C2)ccc1C(=O)NC1CS(=O)C1. The number of oxime groups is 1. The molecule has 2 aliphatic heterocycles. The van der Waals surface area contributed by atoms with E-state index in [1.54, 1.807) is 13.0 Å². The van der Waals surface area contributed by atoms with Crippen LogP contribution in [0.1, 0.15) is 33.5 Å². The van der Waals surface area contributed by atoms with Crippen molar-refractivity contribution in [1.29, 1.82) is 0 Å². The summed E-state index contributed by atoms with van der Waals surface area (Å²) < 4.78 is 53.6. The summed E-state index contributed by atoms with van der Waals surface area (Å²) in [7, 11) is -0.892. The first kappa shape index (κ1) is 23.1. The number of rotatable bonds is 4. The predicted octanol–water partition coefficient (Wildman–Crippen LogP) is 4.74. The molecule has 170 valence electrons. The molecule has 2 aliphatic rings. The lowest BCUT2D eigenvalue weighted by molar-refractivity contribution is -0.275. The maximum Gasteiger partial charge on any atom is 0.435 e. The second kappa shape index (κ2) is 8.35. The second-order valence-electron chi connectivity index (χ2n) is 7.76. The average Bonchev–Trinajstić information content (AvgIpc) is 3.12. The van der Waals surface area contributed by atoms with E-state index in [2.05, 4.69) is 10.5 Å². The molecule has 4 rings (SSSR count). The van der Waals surface area contributed by atoms with E-state index in [9.17, 15) is 22.2 Å². The number of hydrogen-bond acceptors (Lipinski definition) is 4. The smallest absolute Gasteiger partial charge is 0.374 e. The normalized spacial score (nSPS) is 25.0. The molecule has 0 spiro atoms. The molecule has 5 nitrogen and oxygen atoms in total. The molecule has 0 radical (unpaired) electrons. The maximum absolute atomic E-state index is 14.1. The fourth-order valence-electron chi connectivity index (χ4n) is 3.69. The Labute approximate surface area is 194 Å². The zero-order chi connectivity index (χ0) is 23.3. The van der Waals surface area contributed by atoms with E-state index in [0.29, 0.717) is 28.2 Å². The summed E-state index contributed by atoms with van der Waals surface area (Å²) in [6, 6.07) is 8.17. The van der Waals surface area contributed by atoms with Crippen LogP contribution in [0.2, 0.25) is 10.0 Å². The lowest BCUT2D eigenvalue weighted by Gasteiger charge is -2.29. The van der Waals surface area contributed by atoms with E-state index < -0.39 is 29.0 Å². The van der Waals surface area contributed by atoms with E-state index in [1.807, 2.05) is 0 Å². The van der Waals surface area contributed by atoms with E-state index in [0.717, 1.165) is 12.1 Å². The van der Waals surface area contributed by atoms with Crippen LogP contribution < -0.4 is 5.32 Å². The maximum atomic E-state index is 14.1. The van der Waals surface area contributed by atoms with Gasteiger partial charge in [-0.05, 0) is 48.4 Å². The van der Waals surface area contributed by atoms with Crippen molar-refractivity contribution in [3.8, 4) is 0 Å². The molecular formula is C21H17Cl2F3N2O3S. The third-order valence-corrected chi connectivity index (χ3v) is 7.41. The van der Waals surface area contributed by atoms with Crippen LogP contribution in [0, 0.1) is 6.92 Å². The number of halogens is 5. The van der Waals surface area contributed by atoms with Crippen LogP contribution in [-0.4, -0.2) is 39.6 Å². The Morgan fingerprint density at radius 1 is 1.19 bits per heavy atom. The summed E-state index contributed by atoms with van der Waals surface area (Å²) in [4.78, 5) is 17.5. The molecule has 1 saturated heterocycles. The molecule has 0 aromatic heterocycles. The number of hydrogen-bond donors (Lipinski definition) is 1. The molecule has 1 atom stereocenters. The van der Waals surface area contributed by atoms with Gasteiger partial charge in [0.25, 0.3) is 11.5 Å². The van der Waals surface area contributed by atoms with Crippen LogP contribution in [-0.2, 0) is 21.2 Å². The molecule has 0 bridgehead atoms. The van der Waals surface area contributed by atoms with Crippen molar-refractivity contribution >= 4 is 45.6 Å². The number of aryl methyl sites for hydroxylation is 1. The monoisotopic (exact) mass is 504 g/mol. The predicted molar refractivity (Wildman–Crippen MR) is 117 cm³/mol. The highest BCUT2D eigenvalue weighted by atomic mass is 35.5. The molecular weight excluding hydrogens is 488 g/mol. The Morgan fingerprint density at radius 3 is 2.41 bits per heavy atom. The summed E-state index contributed by atoms with van der Waals surface area (Å²) >= 11 is 11.8. The number of alkyl halides is 3. The molecule has 1 unspecified atom stereocenters. The van der Waals surface area contributed by atoms with Crippen LogP contribution in [0.25, 0.3) is 0 Å². The standard InChI is InChI=1S/C21H17Cl2F3N2O3S/c1-11-4-12(2-3-17(11)19(29)27-16-9-32(30)10-16)18-8-20(31-28-18,21(24,25)26)13-5-14(22)7-15(23)6-13/h2-7,16H,8-10H2,1H3,(H,27,29). The van der Waals surface area contributed by atoms with Crippen LogP contribution in [0.15, 0.2) is 41.6 Å². The number of amides is 1. The minimum absolute atomic E-state index is 0.0506. The van der Waals surface area contributed by atoms with Crippen molar-refractivity contribution in [1.82, 2.24) is 5.32 Å². The van der Waals surface area contributed by atoms with Gasteiger partial charge in [-0.3, -0.25) is 9.00 Å². The fraction of sp³-hybridized carbons (Fsp3) is 0.333. The van der Waals surface area contributed by atoms with Gasteiger partial charge < -0.3 is 10.2 Å². The third kappa shape index (κ3) is 4.25. The van der Waals surface area contributed by atoms with Crippen molar-refractivity contribution in [3.05, 3.63) is 68.7 Å². The van der Waals surface area contributed by atoms with Gasteiger partial charge in [-0.2, -0.15) is 13.2 Å². The summed E-state index contributed by atoms with van der Waals surface area (Å²) in [5.74, 6) is 0.521. The summed E-state index contributed by atoms with van der Waals surface area (Å²) in [6.07, 6.45) is -5.37. The Hall–Kier alpha value is -2.10. The van der Waals surface area contributed by atoms with Gasteiger partial charge in [0.05, 0.1) is 11.8 Å². The van der Waals surface area contributed by atoms with Gasteiger partial charge in [-0.15, -0.1) is 0 Å². The van der Waals surface area contributed by atoms with Gasteiger partial charge in [-0.1, -0.05) is 34.4 Å². The third-order valence-electron chi connectivity index (χ3n) is 5.43. The highest BCUT2D eigenvalue weighted by Crippen LogP contribution is 2.49. The first-order valence-corrected chi connectivity index (χ1v) is 11.8. The first-order valence-electron chi connectivity index (χ1n) is 9.54. The zero-order valence-corrected chi connectivity index (χ0v) is 19.0. The van der Waals surface area contributed by atoms with Crippen LogP contribution in [0.3, 0.4) is 0 Å². The lowest BCUT2D eigenvalue weighted by atomic mass is 9.86. The van der Waals surface area contributed by atoms with Crippen molar-refractivity contribution in [2.24, 2.45) is 5.16 Å². The molecule has 32 heavy (non-hydrogen) atoms. The van der Waals surface area contributed by atoms with E-state index in [1.165, 1.54) is 18.2 Å². The Morgan fingerprint density at radius 2 is 1.84 bits per heavy atom. The van der Waals surface area contributed by atoms with Gasteiger partial charge in [-0.25, -0.2) is 0 Å². The summed E-state index contributed by atoms with van der Waals surface area (Å²) in [6.45, 7) is 1.68. The van der Waals surface area contributed by atoms with E-state index >= 15 is 0 Å². The topological polar surface area (TPSA) is 67.8 Å². The van der Waals surface area contributed by atoms with Crippen LogP contribution in [0.5, 0.6) is 0 Å². The number of carbonyl (C=O) groups excluding carboxylic acids is 1. The number of nitrogens with one attached hydrogen (secondary N) is 1. The largest absolute Gasteiger partial charge is 0.435 e. The highest BCUT2D eigenvalue weighted by molar-refractivity contribution is 7.86. The van der Waals surface area contributed by atoms with Gasteiger partial charge in [0.2, 0.25) is 0 Å². The summed E-state index contributed by atoms with van der Waals surface area (Å²) in [5, 5.41) is 6.63. The Balaban J connectivity index is 1.59. The molecule has 2 heterocycles. The van der Waals surface area contributed by atoms with Crippen molar-refractivity contribution in [2.45, 2.75) is 31.2 Å². The lowest BCUT2D eigenvalue weighted by Crippen LogP contribution is -2.50. The van der Waals surface area contributed by atoms with Crippen LogP contribution >= 0.6 is 23.2 Å². The van der Waals surface area contributed by atoms with E-state index in [4.69, 9.17) is 28.0 Å². The molecule has 2 aromatic carbocycles. The average molecular weight is 505 g/mol. The quantitative estimate of drug-likeness (QED) is 0.653. The van der Waals surface area contributed by atoms with Crippen molar-refractivity contribution < 1.29 is 27.0 Å². The Bertz CT molecular complexity index is 1130. The Kier molecular flexibility index (Phi) is 6.02. The van der Waals surface area contributed by atoms with Crippen molar-refractivity contribution in [3.63, 3.8) is 0 Å². The first-order chi connectivity index (χ1) is 15.0. The molecule has 2 aromatic rings. The zero-order valence-electron chi connectivity index (χ0n) is 16.6. The number of benzene rings is 2. The minimum atomic E-state index is -4.79. The fourth-order valence-corrected chi connectivity index (χ4v) is 5.18. The van der Waals surface area contributed by atoms with Gasteiger partial charge in [0.1, 0.15) is 0 Å². The molecule has 1 amide bonds. The van der Waals surface area contributed by atoms with Crippen LogP contribution in [0.4, 0.5) is 13.2 Å². The van der Waals surface area contributed by atoms with Gasteiger partial charge >= 0.3 is 6.18 Å². The van der Waals surface area contributed by atoms with Gasteiger partial charge in [0, 0.05) is 49.9 Å². The van der Waals surface area contributed by atoms with Crippen molar-refractivity contribution in [2.75, 3.05) is 11.5 Å². The van der Waals surface area contributed by atoms with Gasteiger partial charge in [0.15, 0.2) is 0 Å². The molecule has 11 heteroatoms. The molecule has 0 saturated carbocycles. The molecule has 1 N–H and O–H groups in total. The number of nitrogens with zero attached hydrogens (tertiary/aromatic N) is 1. The van der Waals surface area contributed by atoms with E-state index in [-0.39, 0.29) is 33.3 Å².